The van der Waals surface area contributed by atoms with E-state index in [-0.39, 0.29) is 24.9 Å². The molecular formula is C22H25N5O5. The first kappa shape index (κ1) is 22.9. The van der Waals surface area contributed by atoms with Crippen molar-refractivity contribution in [3.8, 4) is 0 Å². The summed E-state index contributed by atoms with van der Waals surface area (Å²) in [4.78, 5) is 40.6. The molecule has 1 aliphatic rings. The molecule has 0 spiro atoms. The third kappa shape index (κ3) is 4.93. The van der Waals surface area contributed by atoms with Crippen molar-refractivity contribution in [2.45, 2.75) is 12.2 Å². The van der Waals surface area contributed by atoms with Gasteiger partial charge in [0.25, 0.3) is 17.7 Å². The summed E-state index contributed by atoms with van der Waals surface area (Å²) in [6, 6.07) is 12.7. The van der Waals surface area contributed by atoms with Crippen molar-refractivity contribution in [2.75, 3.05) is 37.5 Å². The van der Waals surface area contributed by atoms with Gasteiger partial charge in [-0.15, -0.1) is 0 Å². The molecule has 10 heteroatoms. The van der Waals surface area contributed by atoms with Crippen molar-refractivity contribution in [1.29, 1.82) is 5.41 Å². The van der Waals surface area contributed by atoms with E-state index >= 15 is 0 Å². The Bertz CT molecular complexity index is 1040. The largest absolute Gasteiger partial charge is 0.384 e. The second-order valence-electron chi connectivity index (χ2n) is 7.46. The van der Waals surface area contributed by atoms with Crippen LogP contribution >= 0.6 is 0 Å². The Morgan fingerprint density at radius 2 is 1.91 bits per heavy atom. The number of nitrogen functional groups attached to an aromatic ring is 1. The van der Waals surface area contributed by atoms with E-state index in [0.29, 0.717) is 22.5 Å². The Labute approximate surface area is 185 Å². The molecule has 2 aromatic carbocycles. The molecule has 2 aromatic rings. The number of anilines is 2. The minimum Gasteiger partial charge on any atom is -0.384 e. The lowest BCUT2D eigenvalue weighted by Crippen LogP contribution is -2.55. The fourth-order valence-electron chi connectivity index (χ4n) is 3.24. The Kier molecular flexibility index (Phi) is 6.86. The second-order valence-corrected chi connectivity index (χ2v) is 7.46. The summed E-state index contributed by atoms with van der Waals surface area (Å²) in [7, 11) is 3.26. The van der Waals surface area contributed by atoms with Crippen LogP contribution in [0.1, 0.15) is 15.9 Å². The maximum Gasteiger partial charge on any atom is 0.259 e. The summed E-state index contributed by atoms with van der Waals surface area (Å²) in [6.07, 6.45) is -3.14. The summed E-state index contributed by atoms with van der Waals surface area (Å²) in [5.41, 5.74) is 7.15. The number of hydrogen-bond acceptors (Lipinski definition) is 6. The number of nitrogens with two attached hydrogens (primary N) is 1. The maximum atomic E-state index is 13.0. The molecule has 3 amide bonds. The van der Waals surface area contributed by atoms with Crippen LogP contribution in [0.4, 0.5) is 11.4 Å². The summed E-state index contributed by atoms with van der Waals surface area (Å²) in [6.45, 7) is 0.329. The molecule has 1 heterocycles. The summed E-state index contributed by atoms with van der Waals surface area (Å²) >= 11 is 0. The zero-order chi connectivity index (χ0) is 23.4. The standard InChI is InChI=1S/C22H25N5O5/c1-26(2)21(30)14-4-3-5-16(12-14)27-10-11-32-18(22(27)31)17(28)20(29)25-15-8-6-13(7-9-15)19(23)24/h3-9,12,17-18,28H,10-11H2,1-2H3,(H3,23,24)(H,25,29). The number of amides is 3. The Morgan fingerprint density at radius 3 is 2.53 bits per heavy atom. The number of rotatable bonds is 6. The van der Waals surface area contributed by atoms with Gasteiger partial charge in [-0.3, -0.25) is 19.8 Å². The monoisotopic (exact) mass is 439 g/mol. The molecule has 0 aliphatic carbocycles. The van der Waals surface area contributed by atoms with E-state index in [9.17, 15) is 19.5 Å². The first-order chi connectivity index (χ1) is 15.2. The van der Waals surface area contributed by atoms with Crippen molar-refractivity contribution in [3.05, 3.63) is 59.7 Å². The van der Waals surface area contributed by atoms with E-state index in [4.69, 9.17) is 15.9 Å². The molecule has 10 nitrogen and oxygen atoms in total. The number of carbonyl (C=O) groups excluding carboxylic acids is 3. The number of aliphatic hydroxyl groups is 1. The van der Waals surface area contributed by atoms with Gasteiger partial charge >= 0.3 is 0 Å². The van der Waals surface area contributed by atoms with Crippen LogP contribution in [0.3, 0.4) is 0 Å². The number of morpholine rings is 1. The van der Waals surface area contributed by atoms with Crippen molar-refractivity contribution in [2.24, 2.45) is 5.73 Å². The van der Waals surface area contributed by atoms with Crippen LogP contribution in [-0.4, -0.2) is 73.0 Å². The lowest BCUT2D eigenvalue weighted by molar-refractivity contribution is -0.150. The smallest absolute Gasteiger partial charge is 0.259 e. The fourth-order valence-corrected chi connectivity index (χ4v) is 3.24. The predicted octanol–water partition coefficient (Wildman–Crippen LogP) is 0.404. The molecule has 0 radical (unpaired) electrons. The second kappa shape index (κ2) is 9.58. The number of amidine groups is 1. The topological polar surface area (TPSA) is 149 Å². The highest BCUT2D eigenvalue weighted by Gasteiger charge is 2.39. The highest BCUT2D eigenvalue weighted by molar-refractivity contribution is 6.04. The van der Waals surface area contributed by atoms with Gasteiger partial charge in [0.2, 0.25) is 0 Å². The van der Waals surface area contributed by atoms with Crippen LogP contribution in [0.2, 0.25) is 0 Å². The molecule has 32 heavy (non-hydrogen) atoms. The van der Waals surface area contributed by atoms with Crippen LogP contribution in [0, 0.1) is 5.41 Å². The van der Waals surface area contributed by atoms with Gasteiger partial charge in [0.15, 0.2) is 12.2 Å². The van der Waals surface area contributed by atoms with Crippen molar-refractivity contribution in [1.82, 2.24) is 4.90 Å². The summed E-state index contributed by atoms with van der Waals surface area (Å²) in [5, 5.41) is 20.4. The quantitative estimate of drug-likeness (QED) is 0.378. The third-order valence-electron chi connectivity index (χ3n) is 4.95. The van der Waals surface area contributed by atoms with Gasteiger partial charge in [-0.05, 0) is 42.5 Å². The van der Waals surface area contributed by atoms with Crippen LogP contribution in [0.25, 0.3) is 0 Å². The molecule has 168 valence electrons. The Hall–Kier alpha value is -3.76. The highest BCUT2D eigenvalue weighted by atomic mass is 16.5. The fraction of sp³-hybridized carbons (Fsp3) is 0.273. The predicted molar refractivity (Wildman–Crippen MR) is 119 cm³/mol. The third-order valence-corrected chi connectivity index (χ3v) is 4.95. The van der Waals surface area contributed by atoms with Gasteiger partial charge in [-0.2, -0.15) is 0 Å². The van der Waals surface area contributed by atoms with Gasteiger partial charge in [0.05, 0.1) is 6.61 Å². The lowest BCUT2D eigenvalue weighted by Gasteiger charge is -2.34. The molecular weight excluding hydrogens is 414 g/mol. The van der Waals surface area contributed by atoms with Crippen LogP contribution in [0.15, 0.2) is 48.5 Å². The number of hydrogen-bond donors (Lipinski definition) is 4. The van der Waals surface area contributed by atoms with Crippen molar-refractivity contribution >= 4 is 34.9 Å². The average molecular weight is 439 g/mol. The molecule has 2 atom stereocenters. The Morgan fingerprint density at radius 1 is 1.22 bits per heavy atom. The van der Waals surface area contributed by atoms with Gasteiger partial charge in [0, 0.05) is 43.1 Å². The van der Waals surface area contributed by atoms with Crippen LogP contribution in [0.5, 0.6) is 0 Å². The maximum absolute atomic E-state index is 13.0. The molecule has 5 N–H and O–H groups in total. The van der Waals surface area contributed by atoms with Gasteiger partial charge in [-0.25, -0.2) is 0 Å². The summed E-state index contributed by atoms with van der Waals surface area (Å²) < 4.78 is 5.41. The van der Waals surface area contributed by atoms with Gasteiger partial charge in [-0.1, -0.05) is 6.07 Å². The van der Waals surface area contributed by atoms with Crippen LogP contribution in [-0.2, 0) is 14.3 Å². The number of carbonyl (C=O) groups is 3. The molecule has 0 saturated carbocycles. The normalized spacial score (nSPS) is 16.9. The number of aliphatic hydroxyl groups excluding tert-OH is 1. The first-order valence-electron chi connectivity index (χ1n) is 9.87. The van der Waals surface area contributed by atoms with Gasteiger partial charge in [0.1, 0.15) is 5.84 Å². The molecule has 3 rings (SSSR count). The van der Waals surface area contributed by atoms with E-state index < -0.39 is 24.0 Å². The Balaban J connectivity index is 1.72. The number of nitrogens with one attached hydrogen (secondary N) is 2. The number of benzene rings is 2. The highest BCUT2D eigenvalue weighted by Crippen LogP contribution is 2.22. The zero-order valence-electron chi connectivity index (χ0n) is 17.7. The molecule has 0 bridgehead atoms. The van der Waals surface area contributed by atoms with E-state index in [0.717, 1.165) is 0 Å². The van der Waals surface area contributed by atoms with E-state index in [2.05, 4.69) is 5.32 Å². The molecule has 1 fully saturated rings. The van der Waals surface area contributed by atoms with E-state index in [1.807, 2.05) is 0 Å². The first-order valence-corrected chi connectivity index (χ1v) is 9.87. The minimum absolute atomic E-state index is 0.111. The molecule has 0 aromatic heterocycles. The van der Waals surface area contributed by atoms with Crippen LogP contribution < -0.4 is 16.0 Å². The van der Waals surface area contributed by atoms with Crippen molar-refractivity contribution < 1.29 is 24.2 Å². The number of ether oxygens (including phenoxy) is 1. The molecule has 1 aliphatic heterocycles. The summed E-state index contributed by atoms with van der Waals surface area (Å²) in [5.74, 6) is -1.71. The minimum atomic E-state index is -1.75. The SMILES string of the molecule is CN(C)C(=O)c1cccc(N2CCOC(C(O)C(=O)Nc3ccc(C(=N)N)cc3)C2=O)c1. The van der Waals surface area contributed by atoms with Gasteiger partial charge < -0.3 is 30.7 Å². The lowest BCUT2D eigenvalue weighted by atomic mass is 10.1. The van der Waals surface area contributed by atoms with E-state index in [1.165, 1.54) is 21.9 Å². The van der Waals surface area contributed by atoms with Crippen molar-refractivity contribution in [3.63, 3.8) is 0 Å². The molecule has 2 unspecified atom stereocenters. The average Bonchev–Trinajstić information content (AvgIpc) is 2.78. The van der Waals surface area contributed by atoms with E-state index in [1.54, 1.807) is 50.5 Å². The zero-order valence-corrected chi connectivity index (χ0v) is 17.7. The number of nitrogens with zero attached hydrogens (tertiary/aromatic N) is 2. The molecule has 1 saturated heterocycles.